The predicted molar refractivity (Wildman–Crippen MR) is 86.7 cm³/mol. The third-order valence-electron chi connectivity index (χ3n) is 4.49. The van der Waals surface area contributed by atoms with Crippen molar-refractivity contribution in [2.45, 2.75) is 25.4 Å². The van der Waals surface area contributed by atoms with Gasteiger partial charge in [-0.15, -0.1) is 5.10 Å². The highest BCUT2D eigenvalue weighted by molar-refractivity contribution is 5.91. The van der Waals surface area contributed by atoms with Crippen LogP contribution in [-0.2, 0) is 6.54 Å². The molecule has 0 saturated carbocycles. The summed E-state index contributed by atoms with van der Waals surface area (Å²) in [5, 5.41) is 17.9. The molecule has 7 heteroatoms. The van der Waals surface area contributed by atoms with Gasteiger partial charge < -0.3 is 9.52 Å². The van der Waals surface area contributed by atoms with E-state index >= 15 is 0 Å². The third-order valence-corrected chi connectivity index (χ3v) is 4.49. The quantitative estimate of drug-likeness (QED) is 0.793. The Morgan fingerprint density at radius 3 is 3.08 bits per heavy atom. The highest BCUT2D eigenvalue weighted by atomic mass is 16.4. The number of carbonyl (C=O) groups is 1. The van der Waals surface area contributed by atoms with Gasteiger partial charge in [-0.25, -0.2) is 9.48 Å². The summed E-state index contributed by atoms with van der Waals surface area (Å²) in [6.45, 7) is 2.82. The zero-order chi connectivity index (χ0) is 16.5. The Morgan fingerprint density at radius 1 is 1.38 bits per heavy atom. The van der Waals surface area contributed by atoms with Crippen molar-refractivity contribution < 1.29 is 14.3 Å². The summed E-state index contributed by atoms with van der Waals surface area (Å²) >= 11 is 0. The van der Waals surface area contributed by atoms with Crippen molar-refractivity contribution in [1.29, 1.82) is 0 Å². The molecule has 1 aromatic carbocycles. The summed E-state index contributed by atoms with van der Waals surface area (Å²) < 4.78 is 7.24. The molecule has 1 aliphatic heterocycles. The maximum Gasteiger partial charge on any atom is 0.371 e. The number of furan rings is 1. The van der Waals surface area contributed by atoms with Crippen LogP contribution in [0.3, 0.4) is 0 Å². The predicted octanol–water partition coefficient (Wildman–Crippen LogP) is 2.56. The van der Waals surface area contributed by atoms with E-state index in [9.17, 15) is 4.79 Å². The fraction of sp³-hybridized carbons (Fsp3) is 0.353. The molecule has 4 rings (SSSR count). The first kappa shape index (κ1) is 14.9. The molecule has 0 aliphatic carbocycles. The van der Waals surface area contributed by atoms with Crippen LogP contribution < -0.4 is 0 Å². The van der Waals surface area contributed by atoms with Crippen molar-refractivity contribution in [3.8, 4) is 0 Å². The average molecular weight is 326 g/mol. The van der Waals surface area contributed by atoms with Gasteiger partial charge in [0.2, 0.25) is 5.76 Å². The number of piperidine rings is 1. The Balaban J connectivity index is 1.50. The van der Waals surface area contributed by atoms with Crippen molar-refractivity contribution in [3.63, 3.8) is 0 Å². The van der Waals surface area contributed by atoms with Crippen LogP contribution in [0.4, 0.5) is 0 Å². The normalized spacial score (nSPS) is 18.9. The van der Waals surface area contributed by atoms with Crippen LogP contribution in [-0.4, -0.2) is 44.1 Å². The smallest absolute Gasteiger partial charge is 0.371 e. The summed E-state index contributed by atoms with van der Waals surface area (Å²) in [5.74, 6) is -1.06. The molecule has 1 atom stereocenters. The minimum atomic E-state index is -1.04. The fourth-order valence-corrected chi connectivity index (χ4v) is 3.36. The standard InChI is InChI=1S/C17H18N4O3/c22-17(23)16-9-13-8-12(3-4-15(13)24-16)10-20-6-1-2-14(11-20)21-7-5-18-19-21/h3-5,7-9,14H,1-2,6,10-11H2,(H,22,23). The SMILES string of the molecule is O=C(O)c1cc2cc(CN3CCCC(n4ccnn4)C3)ccc2o1. The second-order valence-electron chi connectivity index (χ2n) is 6.20. The van der Waals surface area contributed by atoms with E-state index in [1.165, 1.54) is 0 Å². The Bertz CT molecular complexity index is 856. The van der Waals surface area contributed by atoms with Crippen molar-refractivity contribution in [1.82, 2.24) is 19.9 Å². The number of fused-ring (bicyclic) bond motifs is 1. The van der Waals surface area contributed by atoms with Crippen LogP contribution in [0.15, 0.2) is 41.1 Å². The van der Waals surface area contributed by atoms with E-state index in [2.05, 4.69) is 15.2 Å². The second-order valence-corrected chi connectivity index (χ2v) is 6.20. The van der Waals surface area contributed by atoms with Crippen LogP contribution in [0.1, 0.15) is 35.0 Å². The van der Waals surface area contributed by atoms with Gasteiger partial charge in [0.05, 0.1) is 12.2 Å². The number of aromatic carboxylic acids is 1. The first-order valence-corrected chi connectivity index (χ1v) is 8.03. The molecular formula is C17H18N4O3. The van der Waals surface area contributed by atoms with E-state index in [0.29, 0.717) is 11.6 Å². The molecule has 1 aliphatic rings. The van der Waals surface area contributed by atoms with Crippen molar-refractivity contribution in [2.75, 3.05) is 13.1 Å². The molecule has 1 N–H and O–H groups in total. The van der Waals surface area contributed by atoms with Gasteiger partial charge in [-0.1, -0.05) is 11.3 Å². The molecule has 1 fully saturated rings. The van der Waals surface area contributed by atoms with Crippen molar-refractivity contribution in [2.24, 2.45) is 0 Å². The monoisotopic (exact) mass is 326 g/mol. The van der Waals surface area contributed by atoms with E-state index in [-0.39, 0.29) is 5.76 Å². The first-order valence-electron chi connectivity index (χ1n) is 8.03. The van der Waals surface area contributed by atoms with E-state index in [1.807, 2.05) is 29.1 Å². The highest BCUT2D eigenvalue weighted by Gasteiger charge is 2.22. The lowest BCUT2D eigenvalue weighted by Gasteiger charge is -2.32. The first-order chi connectivity index (χ1) is 11.7. The molecule has 0 radical (unpaired) electrons. The zero-order valence-corrected chi connectivity index (χ0v) is 13.1. The molecule has 2 aromatic heterocycles. The minimum absolute atomic E-state index is 0.0219. The maximum absolute atomic E-state index is 11.0. The molecule has 7 nitrogen and oxygen atoms in total. The Labute approximate surface area is 138 Å². The summed E-state index contributed by atoms with van der Waals surface area (Å²) in [5.41, 5.74) is 1.76. The van der Waals surface area contributed by atoms with Gasteiger partial charge in [-0.2, -0.15) is 0 Å². The number of rotatable bonds is 4. The number of aromatic nitrogens is 3. The average Bonchev–Trinajstić information content (AvgIpc) is 3.24. The molecule has 1 unspecified atom stereocenters. The van der Waals surface area contributed by atoms with Gasteiger partial charge in [0.15, 0.2) is 0 Å². The molecule has 24 heavy (non-hydrogen) atoms. The van der Waals surface area contributed by atoms with Crippen LogP contribution in [0.5, 0.6) is 0 Å². The molecule has 1 saturated heterocycles. The summed E-state index contributed by atoms with van der Waals surface area (Å²) in [4.78, 5) is 13.4. The lowest BCUT2D eigenvalue weighted by atomic mass is 10.0. The summed E-state index contributed by atoms with van der Waals surface area (Å²) in [6, 6.07) is 7.78. The molecule has 0 spiro atoms. The number of hydrogen-bond donors (Lipinski definition) is 1. The van der Waals surface area contributed by atoms with Gasteiger partial charge in [-0.3, -0.25) is 4.90 Å². The molecular weight excluding hydrogens is 308 g/mol. The van der Waals surface area contributed by atoms with E-state index in [1.54, 1.807) is 12.3 Å². The van der Waals surface area contributed by atoms with Gasteiger partial charge in [0, 0.05) is 24.7 Å². The molecule has 3 aromatic rings. The lowest BCUT2D eigenvalue weighted by Crippen LogP contribution is -2.36. The Kier molecular flexibility index (Phi) is 3.78. The molecule has 0 amide bonds. The van der Waals surface area contributed by atoms with Crippen LogP contribution in [0.2, 0.25) is 0 Å². The maximum atomic E-state index is 11.0. The van der Waals surface area contributed by atoms with Gasteiger partial charge >= 0.3 is 5.97 Å². The summed E-state index contributed by atoms with van der Waals surface area (Å²) in [6.07, 6.45) is 5.87. The number of benzene rings is 1. The van der Waals surface area contributed by atoms with Gasteiger partial charge in [0.1, 0.15) is 5.58 Å². The van der Waals surface area contributed by atoms with Crippen LogP contribution in [0, 0.1) is 0 Å². The third kappa shape index (κ3) is 2.90. The molecule has 0 bridgehead atoms. The Hall–Kier alpha value is -2.67. The second kappa shape index (κ2) is 6.09. The van der Waals surface area contributed by atoms with E-state index in [0.717, 1.165) is 43.4 Å². The largest absolute Gasteiger partial charge is 0.475 e. The minimum Gasteiger partial charge on any atom is -0.475 e. The van der Waals surface area contributed by atoms with Crippen molar-refractivity contribution >= 4 is 16.9 Å². The topological polar surface area (TPSA) is 84.4 Å². The number of likely N-dealkylation sites (tertiary alicyclic amines) is 1. The number of hydrogen-bond acceptors (Lipinski definition) is 5. The number of nitrogens with zero attached hydrogens (tertiary/aromatic N) is 4. The fourth-order valence-electron chi connectivity index (χ4n) is 3.36. The summed E-state index contributed by atoms with van der Waals surface area (Å²) in [7, 11) is 0. The van der Waals surface area contributed by atoms with Gasteiger partial charge in [0.25, 0.3) is 0 Å². The van der Waals surface area contributed by atoms with Gasteiger partial charge in [-0.05, 0) is 43.1 Å². The number of carboxylic acid groups (broad SMARTS) is 1. The zero-order valence-electron chi connectivity index (χ0n) is 13.1. The van der Waals surface area contributed by atoms with Crippen molar-refractivity contribution in [3.05, 3.63) is 48.0 Å². The van der Waals surface area contributed by atoms with E-state index < -0.39 is 5.97 Å². The molecule has 124 valence electrons. The van der Waals surface area contributed by atoms with Crippen LogP contribution >= 0.6 is 0 Å². The van der Waals surface area contributed by atoms with Crippen LogP contribution in [0.25, 0.3) is 11.0 Å². The van der Waals surface area contributed by atoms with E-state index in [4.69, 9.17) is 9.52 Å². The lowest BCUT2D eigenvalue weighted by molar-refractivity contribution is 0.0665. The number of carboxylic acids is 1. The molecule has 3 heterocycles. The highest BCUT2D eigenvalue weighted by Crippen LogP contribution is 2.24. The Morgan fingerprint density at radius 2 is 2.29 bits per heavy atom.